The quantitative estimate of drug-likeness (QED) is 0.715. The number of hydrogen-bond donors (Lipinski definition) is 3. The number of carbonyl (C=O) groups excluding carboxylic acids is 1. The third-order valence-electron chi connectivity index (χ3n) is 3.18. The molecule has 0 spiro atoms. The number of carboxylic acid groups (broad SMARTS) is 1. The molecule has 2 rings (SSSR count). The number of amides is 1. The van der Waals surface area contributed by atoms with Crippen molar-refractivity contribution in [2.24, 2.45) is 5.92 Å². The van der Waals surface area contributed by atoms with E-state index in [-0.39, 0.29) is 23.1 Å². The van der Waals surface area contributed by atoms with E-state index >= 15 is 0 Å². The van der Waals surface area contributed by atoms with Crippen molar-refractivity contribution >= 4 is 23.3 Å². The number of ether oxygens (including phenoxy) is 1. The Morgan fingerprint density at radius 3 is 2.79 bits per heavy atom. The lowest BCUT2D eigenvalue weighted by Crippen LogP contribution is -2.31. The molecule has 0 aromatic heterocycles. The summed E-state index contributed by atoms with van der Waals surface area (Å²) in [4.78, 5) is 23.1. The monoisotopic (exact) mass is 264 g/mol. The summed E-state index contributed by atoms with van der Waals surface area (Å²) in [7, 11) is 0. The van der Waals surface area contributed by atoms with E-state index in [9.17, 15) is 9.59 Å². The Kier molecular flexibility index (Phi) is 3.71. The summed E-state index contributed by atoms with van der Waals surface area (Å²) in [5.41, 5.74) is 6.08. The topological polar surface area (TPSA) is 102 Å². The molecular weight excluding hydrogens is 248 g/mol. The second kappa shape index (κ2) is 5.27. The minimum Gasteiger partial charge on any atom is -0.478 e. The van der Waals surface area contributed by atoms with Gasteiger partial charge in [-0.25, -0.2) is 4.79 Å². The summed E-state index contributed by atoms with van der Waals surface area (Å²) >= 11 is 0. The van der Waals surface area contributed by atoms with E-state index in [1.54, 1.807) is 6.07 Å². The summed E-state index contributed by atoms with van der Waals surface area (Å²) in [6.45, 7) is 2.48. The van der Waals surface area contributed by atoms with Crippen LogP contribution >= 0.6 is 0 Å². The SMILES string of the molecule is CC1CCOC1C(=O)Nc1ccc(N)cc1C(=O)O. The molecule has 1 aromatic rings. The van der Waals surface area contributed by atoms with Crippen LogP contribution in [0.4, 0.5) is 11.4 Å². The van der Waals surface area contributed by atoms with Gasteiger partial charge in [-0.3, -0.25) is 4.79 Å². The summed E-state index contributed by atoms with van der Waals surface area (Å²) in [6.07, 6.45) is 0.296. The minimum absolute atomic E-state index is 0.0287. The van der Waals surface area contributed by atoms with Gasteiger partial charge in [0.25, 0.3) is 5.91 Å². The zero-order chi connectivity index (χ0) is 14.0. The van der Waals surface area contributed by atoms with Crippen LogP contribution < -0.4 is 11.1 Å². The van der Waals surface area contributed by atoms with Crippen LogP contribution in [0.1, 0.15) is 23.7 Å². The van der Waals surface area contributed by atoms with E-state index < -0.39 is 12.1 Å². The van der Waals surface area contributed by atoms with Crippen LogP contribution in [-0.2, 0) is 9.53 Å². The van der Waals surface area contributed by atoms with Gasteiger partial charge in [0, 0.05) is 12.3 Å². The first-order chi connectivity index (χ1) is 8.99. The van der Waals surface area contributed by atoms with Gasteiger partial charge in [0.2, 0.25) is 0 Å². The minimum atomic E-state index is -1.14. The van der Waals surface area contributed by atoms with Crippen molar-refractivity contribution in [2.45, 2.75) is 19.4 Å². The molecule has 6 heteroatoms. The average Bonchev–Trinajstić information content (AvgIpc) is 2.77. The maximum atomic E-state index is 12.0. The maximum absolute atomic E-state index is 12.0. The van der Waals surface area contributed by atoms with E-state index in [0.717, 1.165) is 6.42 Å². The highest BCUT2D eigenvalue weighted by molar-refractivity contribution is 6.02. The van der Waals surface area contributed by atoms with Gasteiger partial charge in [-0.05, 0) is 30.5 Å². The molecule has 19 heavy (non-hydrogen) atoms. The standard InChI is InChI=1S/C13H16N2O4/c1-7-4-5-19-11(7)12(16)15-10-3-2-8(14)6-9(10)13(17)18/h2-3,6-7,11H,4-5,14H2,1H3,(H,15,16)(H,17,18). The fraction of sp³-hybridized carbons (Fsp3) is 0.385. The van der Waals surface area contributed by atoms with Crippen molar-refractivity contribution in [1.29, 1.82) is 0 Å². The molecule has 1 aliphatic rings. The predicted octanol–water partition coefficient (Wildman–Crippen LogP) is 1.33. The first-order valence-electron chi connectivity index (χ1n) is 6.04. The van der Waals surface area contributed by atoms with Crippen LogP contribution in [-0.4, -0.2) is 29.7 Å². The summed E-state index contributed by atoms with van der Waals surface area (Å²) < 4.78 is 5.34. The zero-order valence-corrected chi connectivity index (χ0v) is 10.6. The molecule has 0 aliphatic carbocycles. The molecule has 102 valence electrons. The number of aromatic carboxylic acids is 1. The van der Waals surface area contributed by atoms with Gasteiger partial charge in [0.1, 0.15) is 6.10 Å². The average molecular weight is 264 g/mol. The van der Waals surface area contributed by atoms with Crippen molar-refractivity contribution in [1.82, 2.24) is 0 Å². The van der Waals surface area contributed by atoms with Crippen LogP contribution in [0.25, 0.3) is 0 Å². The summed E-state index contributed by atoms with van der Waals surface area (Å²) in [5, 5.41) is 11.7. The summed E-state index contributed by atoms with van der Waals surface area (Å²) in [6, 6.07) is 4.34. The Balaban J connectivity index is 2.19. The van der Waals surface area contributed by atoms with Crippen LogP contribution in [0.5, 0.6) is 0 Å². The second-order valence-corrected chi connectivity index (χ2v) is 4.66. The van der Waals surface area contributed by atoms with Crippen LogP contribution in [0, 0.1) is 5.92 Å². The van der Waals surface area contributed by atoms with Gasteiger partial charge in [-0.1, -0.05) is 6.92 Å². The number of anilines is 2. The first-order valence-corrected chi connectivity index (χ1v) is 6.04. The highest BCUT2D eigenvalue weighted by Crippen LogP contribution is 2.24. The number of nitrogens with one attached hydrogen (secondary N) is 1. The highest BCUT2D eigenvalue weighted by Gasteiger charge is 2.31. The normalized spacial score (nSPS) is 22.2. The van der Waals surface area contributed by atoms with Gasteiger partial charge in [-0.2, -0.15) is 0 Å². The highest BCUT2D eigenvalue weighted by atomic mass is 16.5. The largest absolute Gasteiger partial charge is 0.478 e. The van der Waals surface area contributed by atoms with Gasteiger partial charge in [0.05, 0.1) is 11.3 Å². The lowest BCUT2D eigenvalue weighted by molar-refractivity contribution is -0.126. The van der Waals surface area contributed by atoms with E-state index in [1.165, 1.54) is 12.1 Å². The van der Waals surface area contributed by atoms with Gasteiger partial charge < -0.3 is 20.9 Å². The Labute approximate surface area is 110 Å². The van der Waals surface area contributed by atoms with E-state index in [4.69, 9.17) is 15.6 Å². The number of carboxylic acids is 1. The third kappa shape index (κ3) is 2.85. The molecule has 1 fully saturated rings. The number of nitrogen functional groups attached to an aromatic ring is 1. The van der Waals surface area contributed by atoms with Crippen LogP contribution in [0.15, 0.2) is 18.2 Å². The molecule has 0 saturated carbocycles. The van der Waals surface area contributed by atoms with Gasteiger partial charge >= 0.3 is 5.97 Å². The Bertz CT molecular complexity index is 515. The van der Waals surface area contributed by atoms with E-state index in [2.05, 4.69) is 5.32 Å². The molecule has 1 heterocycles. The van der Waals surface area contributed by atoms with Crippen LogP contribution in [0.2, 0.25) is 0 Å². The molecule has 1 aromatic carbocycles. The first kappa shape index (κ1) is 13.4. The van der Waals surface area contributed by atoms with E-state index in [1.807, 2.05) is 6.92 Å². The van der Waals surface area contributed by atoms with Gasteiger partial charge in [-0.15, -0.1) is 0 Å². The molecule has 1 amide bonds. The second-order valence-electron chi connectivity index (χ2n) is 4.66. The maximum Gasteiger partial charge on any atom is 0.337 e. The van der Waals surface area contributed by atoms with Gasteiger partial charge in [0.15, 0.2) is 0 Å². The Hall–Kier alpha value is -2.08. The van der Waals surface area contributed by atoms with Crippen molar-refractivity contribution in [3.8, 4) is 0 Å². The number of carbonyl (C=O) groups is 2. The third-order valence-corrected chi connectivity index (χ3v) is 3.18. The number of nitrogens with two attached hydrogens (primary N) is 1. The molecule has 2 atom stereocenters. The number of hydrogen-bond acceptors (Lipinski definition) is 4. The lowest BCUT2D eigenvalue weighted by Gasteiger charge is -2.15. The number of benzene rings is 1. The fourth-order valence-corrected chi connectivity index (χ4v) is 2.08. The summed E-state index contributed by atoms with van der Waals surface area (Å²) in [5.74, 6) is -1.33. The fourth-order valence-electron chi connectivity index (χ4n) is 2.08. The predicted molar refractivity (Wildman–Crippen MR) is 70.0 cm³/mol. The van der Waals surface area contributed by atoms with Crippen molar-refractivity contribution < 1.29 is 19.4 Å². The molecular formula is C13H16N2O4. The Morgan fingerprint density at radius 1 is 1.47 bits per heavy atom. The molecule has 0 radical (unpaired) electrons. The molecule has 1 aliphatic heterocycles. The smallest absolute Gasteiger partial charge is 0.337 e. The molecule has 1 saturated heterocycles. The van der Waals surface area contributed by atoms with E-state index in [0.29, 0.717) is 12.3 Å². The lowest BCUT2D eigenvalue weighted by atomic mass is 10.0. The zero-order valence-electron chi connectivity index (χ0n) is 10.6. The Morgan fingerprint density at radius 2 is 2.21 bits per heavy atom. The van der Waals surface area contributed by atoms with Crippen molar-refractivity contribution in [3.63, 3.8) is 0 Å². The molecule has 0 bridgehead atoms. The van der Waals surface area contributed by atoms with Crippen molar-refractivity contribution in [2.75, 3.05) is 17.7 Å². The molecule has 6 nitrogen and oxygen atoms in total. The van der Waals surface area contributed by atoms with Crippen LogP contribution in [0.3, 0.4) is 0 Å². The van der Waals surface area contributed by atoms with Crippen molar-refractivity contribution in [3.05, 3.63) is 23.8 Å². The molecule has 2 unspecified atom stereocenters. The molecule has 4 N–H and O–H groups in total. The number of rotatable bonds is 3.